The van der Waals surface area contributed by atoms with Gasteiger partial charge in [0.15, 0.2) is 0 Å². The maximum Gasteiger partial charge on any atom is 0.269 e. The number of nitro groups is 1. The molecule has 0 radical (unpaired) electrons. The first-order valence-electron chi connectivity index (χ1n) is 6.18. The molecule has 2 aromatic rings. The quantitative estimate of drug-likeness (QED) is 0.348. The monoisotopic (exact) mass is 335 g/mol. The van der Waals surface area contributed by atoms with Crippen molar-refractivity contribution in [1.29, 1.82) is 0 Å². The first-order valence-corrected chi connectivity index (χ1v) is 8.63. The van der Waals surface area contributed by atoms with Crippen molar-refractivity contribution in [2.45, 2.75) is 0 Å². The van der Waals surface area contributed by atoms with E-state index in [4.69, 9.17) is 0 Å². The van der Waals surface area contributed by atoms with Crippen LogP contribution in [0.1, 0.15) is 10.4 Å². The molecular formula is C14H13N3O3S2. The van der Waals surface area contributed by atoms with Gasteiger partial charge in [-0.3, -0.25) is 14.9 Å². The van der Waals surface area contributed by atoms with Crippen molar-refractivity contribution >= 4 is 40.7 Å². The molecule has 0 aliphatic rings. The summed E-state index contributed by atoms with van der Waals surface area (Å²) in [5.41, 5.74) is 0.848. The normalized spacial score (nSPS) is 10.3. The van der Waals surface area contributed by atoms with E-state index in [1.165, 1.54) is 47.8 Å². The van der Waals surface area contributed by atoms with Crippen LogP contribution in [0.15, 0.2) is 47.2 Å². The molecule has 1 aromatic heterocycles. The number of allylic oxidation sites excluding steroid dienone is 1. The fourth-order valence-electron chi connectivity index (χ4n) is 1.85. The molecule has 114 valence electrons. The average molecular weight is 335 g/mol. The van der Waals surface area contributed by atoms with Crippen molar-refractivity contribution < 1.29 is 9.72 Å². The average Bonchev–Trinajstić information content (AvgIpc) is 3.05. The SMILES string of the molecule is CSC(SC)=C(C(=O)c1ccc([N+](=O)[O-])cc1)n1ccnc1. The standard InChI is InChI=1S/C14H13N3O3S2/c1-21-14(22-2)12(16-8-7-15-9-16)13(18)10-3-5-11(6-4-10)17(19)20/h3-9H,1-2H3. The third-order valence-electron chi connectivity index (χ3n) is 2.88. The van der Waals surface area contributed by atoms with Crippen molar-refractivity contribution in [1.82, 2.24) is 9.55 Å². The zero-order valence-corrected chi connectivity index (χ0v) is 13.6. The number of nitrogens with zero attached hydrogens (tertiary/aromatic N) is 3. The summed E-state index contributed by atoms with van der Waals surface area (Å²) in [5, 5.41) is 10.7. The zero-order valence-electron chi connectivity index (χ0n) is 11.9. The number of hydrogen-bond donors (Lipinski definition) is 0. The van der Waals surface area contributed by atoms with Crippen LogP contribution in [-0.2, 0) is 0 Å². The summed E-state index contributed by atoms with van der Waals surface area (Å²) >= 11 is 2.94. The second-order valence-electron chi connectivity index (χ2n) is 4.15. The van der Waals surface area contributed by atoms with Gasteiger partial charge in [-0.25, -0.2) is 4.98 Å². The molecule has 6 nitrogen and oxygen atoms in total. The van der Waals surface area contributed by atoms with Crippen molar-refractivity contribution in [3.8, 4) is 0 Å². The Balaban J connectivity index is 2.46. The Labute approximate surface area is 135 Å². The van der Waals surface area contributed by atoms with Crippen molar-refractivity contribution in [3.05, 3.63) is 62.9 Å². The molecule has 0 aliphatic heterocycles. The Morgan fingerprint density at radius 1 is 1.23 bits per heavy atom. The topological polar surface area (TPSA) is 78.0 Å². The van der Waals surface area contributed by atoms with E-state index in [0.717, 1.165) is 4.24 Å². The van der Waals surface area contributed by atoms with Gasteiger partial charge in [-0.2, -0.15) is 0 Å². The number of ketones is 1. The third-order valence-corrected chi connectivity index (χ3v) is 5.01. The largest absolute Gasteiger partial charge is 0.301 e. The number of aromatic nitrogens is 2. The van der Waals surface area contributed by atoms with E-state index in [-0.39, 0.29) is 11.5 Å². The number of imidazole rings is 1. The first kappa shape index (κ1) is 16.3. The molecule has 0 bridgehead atoms. The van der Waals surface area contributed by atoms with Crippen molar-refractivity contribution in [3.63, 3.8) is 0 Å². The number of carbonyl (C=O) groups excluding carboxylic acids is 1. The van der Waals surface area contributed by atoms with Crippen LogP contribution in [0.5, 0.6) is 0 Å². The lowest BCUT2D eigenvalue weighted by Crippen LogP contribution is -2.09. The van der Waals surface area contributed by atoms with E-state index >= 15 is 0 Å². The van der Waals surface area contributed by atoms with E-state index < -0.39 is 4.92 Å². The van der Waals surface area contributed by atoms with Gasteiger partial charge in [-0.05, 0) is 24.6 Å². The molecule has 8 heteroatoms. The van der Waals surface area contributed by atoms with E-state index in [9.17, 15) is 14.9 Å². The van der Waals surface area contributed by atoms with Gasteiger partial charge in [0, 0.05) is 30.1 Å². The van der Waals surface area contributed by atoms with Crippen molar-refractivity contribution in [2.75, 3.05) is 12.5 Å². The Bertz CT molecular complexity index is 703. The number of carbonyl (C=O) groups is 1. The lowest BCUT2D eigenvalue weighted by atomic mass is 10.1. The first-order chi connectivity index (χ1) is 10.6. The van der Waals surface area contributed by atoms with Crippen LogP contribution in [0, 0.1) is 10.1 Å². The number of hydrogen-bond acceptors (Lipinski definition) is 6. The molecule has 22 heavy (non-hydrogen) atoms. The highest BCUT2D eigenvalue weighted by atomic mass is 32.2. The van der Waals surface area contributed by atoms with Gasteiger partial charge < -0.3 is 4.57 Å². The Morgan fingerprint density at radius 3 is 2.32 bits per heavy atom. The number of rotatable bonds is 6. The highest BCUT2D eigenvalue weighted by molar-refractivity contribution is 8.22. The van der Waals surface area contributed by atoms with Gasteiger partial charge in [0.05, 0.1) is 15.5 Å². The number of nitro benzene ring substituents is 1. The van der Waals surface area contributed by atoms with Crippen LogP contribution < -0.4 is 0 Å². The third kappa shape index (κ3) is 3.40. The minimum atomic E-state index is -0.490. The van der Waals surface area contributed by atoms with Crippen LogP contribution in [0.2, 0.25) is 0 Å². The van der Waals surface area contributed by atoms with E-state index in [1.807, 2.05) is 12.5 Å². The van der Waals surface area contributed by atoms with Gasteiger partial charge in [0.25, 0.3) is 5.69 Å². The molecule has 1 heterocycles. The molecule has 0 N–H and O–H groups in total. The summed E-state index contributed by atoms with van der Waals surface area (Å²) in [6.07, 6.45) is 8.65. The molecule has 0 amide bonds. The summed E-state index contributed by atoms with van der Waals surface area (Å²) in [6.45, 7) is 0. The molecule has 0 aliphatic carbocycles. The Kier molecular flexibility index (Phi) is 5.40. The smallest absolute Gasteiger partial charge is 0.269 e. The molecule has 1 aromatic carbocycles. The Morgan fingerprint density at radius 2 is 1.86 bits per heavy atom. The summed E-state index contributed by atoms with van der Waals surface area (Å²) in [5.74, 6) is -0.202. The molecule has 2 rings (SSSR count). The fourth-order valence-corrected chi connectivity index (χ4v) is 3.30. The van der Waals surface area contributed by atoms with Gasteiger partial charge in [0.1, 0.15) is 5.70 Å². The van der Waals surface area contributed by atoms with E-state index in [0.29, 0.717) is 11.3 Å². The fraction of sp³-hybridized carbons (Fsp3) is 0.143. The highest BCUT2D eigenvalue weighted by Crippen LogP contribution is 2.32. The highest BCUT2D eigenvalue weighted by Gasteiger charge is 2.19. The summed E-state index contributed by atoms with van der Waals surface area (Å²) in [6, 6.07) is 5.60. The predicted octanol–water partition coefficient (Wildman–Crippen LogP) is 3.53. The zero-order chi connectivity index (χ0) is 16.1. The molecule has 0 saturated carbocycles. The van der Waals surface area contributed by atoms with Crippen LogP contribution >= 0.6 is 23.5 Å². The van der Waals surface area contributed by atoms with Gasteiger partial charge in [-0.15, -0.1) is 23.5 Å². The Hall–Kier alpha value is -2.06. The lowest BCUT2D eigenvalue weighted by molar-refractivity contribution is -0.384. The molecular weight excluding hydrogens is 322 g/mol. The number of thioether (sulfide) groups is 2. The number of benzene rings is 1. The van der Waals surface area contributed by atoms with Crippen LogP contribution in [-0.4, -0.2) is 32.8 Å². The molecule has 0 unspecified atom stereocenters. The maximum absolute atomic E-state index is 12.8. The second kappa shape index (κ2) is 7.28. The molecule has 0 saturated heterocycles. The predicted molar refractivity (Wildman–Crippen MR) is 89.9 cm³/mol. The van der Waals surface area contributed by atoms with Crippen LogP contribution in [0.3, 0.4) is 0 Å². The van der Waals surface area contributed by atoms with Gasteiger partial charge >= 0.3 is 0 Å². The molecule has 0 spiro atoms. The summed E-state index contributed by atoms with van der Waals surface area (Å²) in [4.78, 5) is 27.0. The van der Waals surface area contributed by atoms with Crippen molar-refractivity contribution in [2.24, 2.45) is 0 Å². The second-order valence-corrected chi connectivity index (χ2v) is 6.04. The molecule has 0 atom stereocenters. The van der Waals surface area contributed by atoms with Gasteiger partial charge in [0.2, 0.25) is 5.78 Å². The van der Waals surface area contributed by atoms with E-state index in [2.05, 4.69) is 4.98 Å². The molecule has 0 fully saturated rings. The number of Topliss-reactive ketones (excluding diaryl/α,β-unsaturated/α-hetero) is 1. The minimum absolute atomic E-state index is 0.0420. The lowest BCUT2D eigenvalue weighted by Gasteiger charge is -2.12. The van der Waals surface area contributed by atoms with E-state index in [1.54, 1.807) is 23.3 Å². The minimum Gasteiger partial charge on any atom is -0.301 e. The summed E-state index contributed by atoms with van der Waals surface area (Å²) < 4.78 is 2.51. The van der Waals surface area contributed by atoms with Crippen LogP contribution in [0.4, 0.5) is 5.69 Å². The van der Waals surface area contributed by atoms with Gasteiger partial charge in [-0.1, -0.05) is 0 Å². The van der Waals surface area contributed by atoms with Crippen LogP contribution in [0.25, 0.3) is 5.70 Å². The number of non-ortho nitro benzene ring substituents is 1. The summed E-state index contributed by atoms with van der Waals surface area (Å²) in [7, 11) is 0. The maximum atomic E-state index is 12.8.